The monoisotopic (exact) mass is 556 g/mol. The molecule has 0 aromatic carbocycles. The van der Waals surface area contributed by atoms with Crippen molar-refractivity contribution in [1.29, 1.82) is 0 Å². The largest absolute Gasteiger partial charge is 0.466 e. The Hall–Kier alpha value is -0.660. The minimum Gasteiger partial charge on any atom is -0.466 e. The summed E-state index contributed by atoms with van der Waals surface area (Å²) in [6.07, 6.45) is 5.38. The second kappa shape index (κ2) is 10.2. The van der Waals surface area contributed by atoms with Crippen molar-refractivity contribution in [1.82, 2.24) is 0 Å². The van der Waals surface area contributed by atoms with Crippen LogP contribution in [0.15, 0.2) is 0 Å². The zero-order chi connectivity index (χ0) is 25.7. The SMILES string of the molecule is CCOC(=O)CC[C@H](C)[C@H]1CC[C@@H]2[C@@H]3[C@H](O)[C@H](Br)[C@@H]4C[C@H](O)CC[C@]4(C)[C@@H]3C[C@H](OC(C)=O)[C@@]21C. The molecule has 0 aromatic rings. The molecule has 0 bridgehead atoms. The first-order valence-electron chi connectivity index (χ1n) is 13.8. The molecule has 7 heteroatoms. The molecule has 6 nitrogen and oxygen atoms in total. The molecule has 2 N–H and O–H groups in total. The summed E-state index contributed by atoms with van der Waals surface area (Å²) >= 11 is 3.89. The molecule has 35 heavy (non-hydrogen) atoms. The Labute approximate surface area is 219 Å². The van der Waals surface area contributed by atoms with E-state index in [1.807, 2.05) is 6.92 Å². The van der Waals surface area contributed by atoms with Crippen molar-refractivity contribution in [3.05, 3.63) is 0 Å². The molecule has 0 spiro atoms. The van der Waals surface area contributed by atoms with Crippen LogP contribution in [0.2, 0.25) is 0 Å². The molecule has 4 aliphatic rings. The highest BCUT2D eigenvalue weighted by atomic mass is 79.9. The third kappa shape index (κ3) is 4.60. The average Bonchev–Trinajstić information content (AvgIpc) is 3.15. The van der Waals surface area contributed by atoms with E-state index in [1.54, 1.807) is 0 Å². The van der Waals surface area contributed by atoms with E-state index in [2.05, 4.69) is 36.7 Å². The van der Waals surface area contributed by atoms with Crippen LogP contribution >= 0.6 is 15.9 Å². The Morgan fingerprint density at radius 3 is 2.46 bits per heavy atom. The van der Waals surface area contributed by atoms with Gasteiger partial charge in [0.25, 0.3) is 0 Å². The zero-order valence-electron chi connectivity index (χ0n) is 22.0. The fraction of sp³-hybridized carbons (Fsp3) is 0.929. The summed E-state index contributed by atoms with van der Waals surface area (Å²) in [6, 6.07) is 0. The molecule has 12 atom stereocenters. The van der Waals surface area contributed by atoms with Crippen molar-refractivity contribution in [2.75, 3.05) is 6.61 Å². The second-order valence-corrected chi connectivity index (χ2v) is 13.5. The molecule has 0 aromatic heterocycles. The smallest absolute Gasteiger partial charge is 0.305 e. The molecule has 0 heterocycles. The second-order valence-electron chi connectivity index (χ2n) is 12.5. The molecule has 4 rings (SSSR count). The van der Waals surface area contributed by atoms with Gasteiger partial charge in [0.1, 0.15) is 6.10 Å². The van der Waals surface area contributed by atoms with Gasteiger partial charge in [0, 0.05) is 23.6 Å². The highest BCUT2D eigenvalue weighted by Crippen LogP contribution is 2.69. The number of fused-ring (bicyclic) bond motifs is 5. The summed E-state index contributed by atoms with van der Waals surface area (Å²) in [5.41, 5.74) is -0.253. The minimum absolute atomic E-state index is 0.00929. The van der Waals surface area contributed by atoms with Crippen molar-refractivity contribution in [3.63, 3.8) is 0 Å². The summed E-state index contributed by atoms with van der Waals surface area (Å²) in [5, 5.41) is 22.1. The number of aliphatic hydroxyl groups is 2. The zero-order valence-corrected chi connectivity index (χ0v) is 23.6. The Balaban J connectivity index is 1.66. The van der Waals surface area contributed by atoms with Crippen molar-refractivity contribution in [2.45, 2.75) is 109 Å². The van der Waals surface area contributed by atoms with Crippen LogP contribution in [0.3, 0.4) is 0 Å². The van der Waals surface area contributed by atoms with Gasteiger partial charge in [0.05, 0.1) is 18.8 Å². The maximum Gasteiger partial charge on any atom is 0.305 e. The Bertz CT molecular complexity index is 804. The lowest BCUT2D eigenvalue weighted by Gasteiger charge is -2.65. The number of carbonyl (C=O) groups is 2. The van der Waals surface area contributed by atoms with Crippen molar-refractivity contribution < 1.29 is 29.3 Å². The fourth-order valence-corrected chi connectivity index (χ4v) is 10.4. The third-order valence-electron chi connectivity index (χ3n) is 10.9. The number of halogens is 1. The quantitative estimate of drug-likeness (QED) is 0.358. The van der Waals surface area contributed by atoms with Crippen LogP contribution in [0, 0.1) is 46.3 Å². The van der Waals surface area contributed by atoms with Crippen LogP contribution < -0.4 is 0 Å². The lowest BCUT2D eigenvalue weighted by Crippen LogP contribution is -2.66. The number of rotatable bonds is 6. The lowest BCUT2D eigenvalue weighted by atomic mass is 9.43. The number of esters is 2. The molecule has 200 valence electrons. The van der Waals surface area contributed by atoms with E-state index < -0.39 is 6.10 Å². The van der Waals surface area contributed by atoms with E-state index in [-0.39, 0.29) is 69.4 Å². The van der Waals surface area contributed by atoms with Gasteiger partial charge in [0.15, 0.2) is 0 Å². The van der Waals surface area contributed by atoms with Crippen LogP contribution in [0.5, 0.6) is 0 Å². The summed E-state index contributed by atoms with van der Waals surface area (Å²) < 4.78 is 11.3. The van der Waals surface area contributed by atoms with E-state index in [4.69, 9.17) is 9.47 Å². The number of aliphatic hydroxyl groups excluding tert-OH is 2. The van der Waals surface area contributed by atoms with Gasteiger partial charge in [-0.1, -0.05) is 36.7 Å². The molecule has 0 saturated heterocycles. The van der Waals surface area contributed by atoms with E-state index >= 15 is 0 Å². The number of alkyl halides is 1. The Morgan fingerprint density at radius 1 is 1.09 bits per heavy atom. The van der Waals surface area contributed by atoms with Gasteiger partial charge in [0.2, 0.25) is 0 Å². The van der Waals surface area contributed by atoms with Crippen LogP contribution in [0.4, 0.5) is 0 Å². The molecule has 0 unspecified atom stereocenters. The molecule has 0 aliphatic heterocycles. The normalized spacial score (nSPS) is 47.7. The molecule has 4 fully saturated rings. The summed E-state index contributed by atoms with van der Waals surface area (Å²) in [5.74, 6) is 1.04. The Kier molecular flexibility index (Phi) is 8.01. The van der Waals surface area contributed by atoms with Crippen molar-refractivity contribution in [3.8, 4) is 0 Å². The maximum absolute atomic E-state index is 12.3. The van der Waals surface area contributed by atoms with Gasteiger partial charge in [-0.3, -0.25) is 9.59 Å². The molecule has 4 aliphatic carbocycles. The van der Waals surface area contributed by atoms with Crippen molar-refractivity contribution >= 4 is 27.9 Å². The highest BCUT2D eigenvalue weighted by Gasteiger charge is 2.68. The van der Waals surface area contributed by atoms with Gasteiger partial charge in [-0.05, 0) is 92.8 Å². The predicted molar refractivity (Wildman–Crippen MR) is 137 cm³/mol. The number of hydrogen-bond donors (Lipinski definition) is 2. The molecule has 4 saturated carbocycles. The van der Waals surface area contributed by atoms with Crippen LogP contribution in [-0.4, -0.2) is 51.9 Å². The minimum atomic E-state index is -0.487. The van der Waals surface area contributed by atoms with Crippen molar-refractivity contribution in [2.24, 2.45) is 46.3 Å². The van der Waals surface area contributed by atoms with E-state index in [9.17, 15) is 19.8 Å². The van der Waals surface area contributed by atoms with E-state index in [0.29, 0.717) is 25.4 Å². The topological polar surface area (TPSA) is 93.1 Å². The fourth-order valence-electron chi connectivity index (χ4n) is 9.25. The van der Waals surface area contributed by atoms with Gasteiger partial charge < -0.3 is 19.7 Å². The summed E-state index contributed by atoms with van der Waals surface area (Å²) in [7, 11) is 0. The number of hydrogen-bond acceptors (Lipinski definition) is 6. The van der Waals surface area contributed by atoms with Crippen LogP contribution in [-0.2, 0) is 19.1 Å². The predicted octanol–water partition coefficient (Wildman–Crippen LogP) is 4.87. The summed E-state index contributed by atoms with van der Waals surface area (Å²) in [4.78, 5) is 24.3. The number of carbonyl (C=O) groups excluding carboxylic acids is 2. The molecular weight excluding hydrogens is 512 g/mol. The first-order chi connectivity index (χ1) is 16.4. The molecular formula is C28H45BrO6. The average molecular weight is 558 g/mol. The highest BCUT2D eigenvalue weighted by molar-refractivity contribution is 9.09. The van der Waals surface area contributed by atoms with E-state index in [1.165, 1.54) is 6.92 Å². The molecule has 0 amide bonds. The standard InChI is InChI=1S/C28H45BrO6/c1-6-34-23(32)10-7-15(2)18-8-9-19-24-20(14-22(28(18,19)5)35-16(3)30)27(4)12-11-17(31)13-21(27)25(29)26(24)33/h15,17-22,24-26,31,33H,6-14H2,1-5H3/t15-,17+,18+,19+,20+,21-,22-,24-,25+,26-,27+,28+/m0/s1. The molecule has 0 radical (unpaired) electrons. The van der Waals surface area contributed by atoms with Crippen LogP contribution in [0.25, 0.3) is 0 Å². The number of ether oxygens (including phenoxy) is 2. The first kappa shape index (κ1) is 27.4. The van der Waals surface area contributed by atoms with Gasteiger partial charge >= 0.3 is 11.9 Å². The van der Waals surface area contributed by atoms with E-state index in [0.717, 1.165) is 38.5 Å². The first-order valence-corrected chi connectivity index (χ1v) is 14.7. The van der Waals surface area contributed by atoms with Gasteiger partial charge in [-0.25, -0.2) is 0 Å². The van der Waals surface area contributed by atoms with Gasteiger partial charge in [-0.15, -0.1) is 0 Å². The third-order valence-corrected chi connectivity index (χ3v) is 12.1. The summed E-state index contributed by atoms with van der Waals surface area (Å²) in [6.45, 7) is 10.6. The maximum atomic E-state index is 12.3. The lowest BCUT2D eigenvalue weighted by molar-refractivity contribution is -0.214. The van der Waals surface area contributed by atoms with Crippen LogP contribution in [0.1, 0.15) is 86.0 Å². The Morgan fingerprint density at radius 2 is 1.80 bits per heavy atom. The van der Waals surface area contributed by atoms with Gasteiger partial charge in [-0.2, -0.15) is 0 Å².